The van der Waals surface area contributed by atoms with Gasteiger partial charge in [-0.05, 0) is 41.7 Å². The summed E-state index contributed by atoms with van der Waals surface area (Å²) < 4.78 is 21.3. The van der Waals surface area contributed by atoms with Gasteiger partial charge in [-0.2, -0.15) is 0 Å². The first-order valence-electron chi connectivity index (χ1n) is 10.0. The minimum atomic E-state index is -3.48. The third-order valence-electron chi connectivity index (χ3n) is 5.35. The lowest BCUT2D eigenvalue weighted by molar-refractivity contribution is -0.141. The van der Waals surface area contributed by atoms with Crippen LogP contribution in [0.2, 0.25) is 0 Å². The predicted octanol–water partition coefficient (Wildman–Crippen LogP) is 4.59. The summed E-state index contributed by atoms with van der Waals surface area (Å²) in [5, 5.41) is 10.5. The maximum atomic E-state index is 14.0. The molecule has 0 amide bonds. The van der Waals surface area contributed by atoms with E-state index in [1.54, 1.807) is 16.8 Å². The quantitative estimate of drug-likeness (QED) is 0.590. The van der Waals surface area contributed by atoms with Crippen LogP contribution in [0, 0.1) is 0 Å². The Morgan fingerprint density at radius 3 is 2.17 bits per heavy atom. The minimum absolute atomic E-state index is 0.269. The maximum absolute atomic E-state index is 14.0. The van der Waals surface area contributed by atoms with Crippen LogP contribution >= 0.6 is 7.52 Å². The van der Waals surface area contributed by atoms with E-state index in [0.717, 1.165) is 16.7 Å². The average Bonchev–Trinajstić information content (AvgIpc) is 2.79. The molecule has 0 bridgehead atoms. The molecule has 1 unspecified atom stereocenters. The standard InChI is InChI=1S/C24H24NO4P/c26-24(27)23(18-19-8-3-1-4-9-19)25-16-7-17-29-30(25,28)22-14-12-21(13-15-22)20-10-5-2-6-11-20/h1-6,8-15,23H,7,16-18H2,(H,26,27)/t23-,30?/m1/s1. The van der Waals surface area contributed by atoms with Crippen molar-refractivity contribution in [2.24, 2.45) is 0 Å². The van der Waals surface area contributed by atoms with Gasteiger partial charge in [0.1, 0.15) is 6.04 Å². The highest BCUT2D eigenvalue weighted by atomic mass is 31.2. The number of carbonyl (C=O) groups is 1. The number of carboxylic acids is 1. The van der Waals surface area contributed by atoms with Crippen molar-refractivity contribution in [3.8, 4) is 11.1 Å². The number of hydrogen-bond donors (Lipinski definition) is 1. The zero-order valence-electron chi connectivity index (χ0n) is 16.6. The topological polar surface area (TPSA) is 66.8 Å². The molecule has 1 N–H and O–H groups in total. The van der Waals surface area contributed by atoms with E-state index in [9.17, 15) is 14.5 Å². The molecule has 2 atom stereocenters. The molecule has 0 saturated carbocycles. The first-order valence-corrected chi connectivity index (χ1v) is 11.6. The van der Waals surface area contributed by atoms with Crippen molar-refractivity contribution in [2.75, 3.05) is 13.2 Å². The summed E-state index contributed by atoms with van der Waals surface area (Å²) in [4.78, 5) is 12.1. The summed E-state index contributed by atoms with van der Waals surface area (Å²) in [5.74, 6) is -0.995. The molecule has 6 heteroatoms. The second-order valence-electron chi connectivity index (χ2n) is 7.33. The van der Waals surface area contributed by atoms with Crippen LogP contribution < -0.4 is 5.30 Å². The van der Waals surface area contributed by atoms with Gasteiger partial charge in [-0.3, -0.25) is 9.36 Å². The van der Waals surface area contributed by atoms with E-state index in [1.807, 2.05) is 72.8 Å². The Balaban J connectivity index is 1.66. The summed E-state index contributed by atoms with van der Waals surface area (Å²) >= 11 is 0. The van der Waals surface area contributed by atoms with Crippen molar-refractivity contribution >= 4 is 18.8 Å². The molecule has 0 aromatic heterocycles. The van der Waals surface area contributed by atoms with E-state index in [4.69, 9.17) is 4.52 Å². The van der Waals surface area contributed by atoms with E-state index >= 15 is 0 Å². The zero-order valence-corrected chi connectivity index (χ0v) is 17.4. The molecule has 4 rings (SSSR count). The third kappa shape index (κ3) is 4.24. The predicted molar refractivity (Wildman–Crippen MR) is 118 cm³/mol. The van der Waals surface area contributed by atoms with Crippen molar-refractivity contribution in [1.29, 1.82) is 0 Å². The van der Waals surface area contributed by atoms with Gasteiger partial charge in [0.2, 0.25) is 0 Å². The number of benzene rings is 3. The van der Waals surface area contributed by atoms with Gasteiger partial charge in [-0.25, -0.2) is 4.67 Å². The Morgan fingerprint density at radius 2 is 1.53 bits per heavy atom. The van der Waals surface area contributed by atoms with Crippen molar-refractivity contribution in [1.82, 2.24) is 4.67 Å². The molecular weight excluding hydrogens is 397 g/mol. The van der Waals surface area contributed by atoms with Crippen LogP contribution in [-0.4, -0.2) is 34.9 Å². The lowest BCUT2D eigenvalue weighted by atomic mass is 10.1. The molecule has 0 aliphatic carbocycles. The number of rotatable bonds is 6. The first-order chi connectivity index (χ1) is 14.6. The van der Waals surface area contributed by atoms with Crippen LogP contribution in [0.15, 0.2) is 84.9 Å². The summed E-state index contributed by atoms with van der Waals surface area (Å²) in [6, 6.07) is 25.8. The molecule has 3 aromatic rings. The molecule has 3 aromatic carbocycles. The minimum Gasteiger partial charge on any atom is -0.480 e. The molecule has 1 aliphatic heterocycles. The summed E-state index contributed by atoms with van der Waals surface area (Å²) in [6.45, 7) is 0.771. The lowest BCUT2D eigenvalue weighted by Crippen LogP contribution is -2.45. The van der Waals surface area contributed by atoms with Gasteiger partial charge in [0.15, 0.2) is 0 Å². The largest absolute Gasteiger partial charge is 0.480 e. The smallest absolute Gasteiger partial charge is 0.321 e. The Morgan fingerprint density at radius 1 is 0.933 bits per heavy atom. The first kappa shape index (κ1) is 20.5. The zero-order chi connectivity index (χ0) is 21.0. The Bertz CT molecular complexity index is 1040. The summed E-state index contributed by atoms with van der Waals surface area (Å²) in [7, 11) is -3.48. The van der Waals surface area contributed by atoms with E-state index in [-0.39, 0.29) is 6.42 Å². The van der Waals surface area contributed by atoms with Crippen LogP contribution in [0.4, 0.5) is 0 Å². The van der Waals surface area contributed by atoms with Crippen LogP contribution in [0.3, 0.4) is 0 Å². The van der Waals surface area contributed by atoms with Crippen molar-refractivity contribution < 1.29 is 19.0 Å². The van der Waals surface area contributed by atoms with Gasteiger partial charge >= 0.3 is 13.5 Å². The molecule has 1 aliphatic rings. The van der Waals surface area contributed by atoms with E-state index in [2.05, 4.69) is 0 Å². The number of aliphatic carboxylic acids is 1. The second kappa shape index (κ2) is 8.97. The van der Waals surface area contributed by atoms with Crippen molar-refractivity contribution in [2.45, 2.75) is 18.9 Å². The molecule has 5 nitrogen and oxygen atoms in total. The van der Waals surface area contributed by atoms with Gasteiger partial charge in [0.05, 0.1) is 11.9 Å². The molecule has 0 spiro atoms. The van der Waals surface area contributed by atoms with Gasteiger partial charge in [0.25, 0.3) is 0 Å². The number of carboxylic acid groups (broad SMARTS) is 1. The van der Waals surface area contributed by atoms with E-state index in [1.165, 1.54) is 0 Å². The van der Waals surface area contributed by atoms with Crippen LogP contribution in [0.5, 0.6) is 0 Å². The molecule has 30 heavy (non-hydrogen) atoms. The molecule has 154 valence electrons. The van der Waals surface area contributed by atoms with Crippen molar-refractivity contribution in [3.63, 3.8) is 0 Å². The fraction of sp³-hybridized carbons (Fsp3) is 0.208. The molecule has 1 fully saturated rings. The van der Waals surface area contributed by atoms with Gasteiger partial charge in [0, 0.05) is 6.54 Å². The fourth-order valence-electron chi connectivity index (χ4n) is 3.81. The maximum Gasteiger partial charge on any atom is 0.321 e. The van der Waals surface area contributed by atoms with E-state index < -0.39 is 19.5 Å². The SMILES string of the molecule is O=C(O)[C@@H](Cc1ccccc1)N1CCCOP1(=O)c1ccc(-c2ccccc2)cc1. The summed E-state index contributed by atoms with van der Waals surface area (Å²) in [6.07, 6.45) is 0.913. The van der Waals surface area contributed by atoms with Gasteiger partial charge in [-0.1, -0.05) is 72.8 Å². The molecule has 0 radical (unpaired) electrons. The lowest BCUT2D eigenvalue weighted by Gasteiger charge is -2.38. The Labute approximate surface area is 176 Å². The highest BCUT2D eigenvalue weighted by Gasteiger charge is 2.43. The Kier molecular flexibility index (Phi) is 6.14. The Hall–Kier alpha value is -2.72. The molecule has 1 heterocycles. The normalized spacial score (nSPS) is 20.5. The highest BCUT2D eigenvalue weighted by Crippen LogP contribution is 2.53. The monoisotopic (exact) mass is 421 g/mol. The fourth-order valence-corrected chi connectivity index (χ4v) is 6.26. The molecule has 1 saturated heterocycles. The van der Waals surface area contributed by atoms with Gasteiger partial charge in [-0.15, -0.1) is 0 Å². The summed E-state index contributed by atoms with van der Waals surface area (Å²) in [5.41, 5.74) is 2.96. The molecular formula is C24H24NO4P. The van der Waals surface area contributed by atoms with Crippen LogP contribution in [0.25, 0.3) is 11.1 Å². The van der Waals surface area contributed by atoms with Crippen LogP contribution in [0.1, 0.15) is 12.0 Å². The highest BCUT2D eigenvalue weighted by molar-refractivity contribution is 7.64. The van der Waals surface area contributed by atoms with E-state index in [0.29, 0.717) is 24.9 Å². The number of hydrogen-bond acceptors (Lipinski definition) is 3. The third-order valence-corrected chi connectivity index (χ3v) is 7.99. The van der Waals surface area contributed by atoms with Crippen LogP contribution in [-0.2, 0) is 20.3 Å². The van der Waals surface area contributed by atoms with Gasteiger partial charge < -0.3 is 9.63 Å². The number of nitrogens with zero attached hydrogens (tertiary/aromatic N) is 1. The average molecular weight is 421 g/mol. The van der Waals surface area contributed by atoms with Crippen molar-refractivity contribution in [3.05, 3.63) is 90.5 Å². The second-order valence-corrected chi connectivity index (χ2v) is 9.66.